The molecular formula is C46H89O13P. The van der Waals surface area contributed by atoms with E-state index in [9.17, 15) is 44.6 Å². The lowest BCUT2D eigenvalue weighted by molar-refractivity contribution is -0.220. The maximum Gasteiger partial charge on any atom is 0.472 e. The van der Waals surface area contributed by atoms with E-state index in [-0.39, 0.29) is 12.8 Å². The Morgan fingerprint density at radius 1 is 0.450 bits per heavy atom. The van der Waals surface area contributed by atoms with Crippen molar-refractivity contribution in [1.29, 1.82) is 0 Å². The minimum Gasteiger partial charge on any atom is -0.462 e. The van der Waals surface area contributed by atoms with Crippen molar-refractivity contribution in [3.63, 3.8) is 0 Å². The zero-order valence-corrected chi connectivity index (χ0v) is 38.7. The first-order chi connectivity index (χ1) is 28.9. The number of phosphoric acid groups is 1. The highest BCUT2D eigenvalue weighted by Gasteiger charge is 2.51. The molecule has 14 heteroatoms. The molecule has 1 aliphatic rings. The second-order valence-corrected chi connectivity index (χ2v) is 18.7. The number of rotatable bonds is 41. The second-order valence-electron chi connectivity index (χ2n) is 17.3. The fraction of sp³-hybridized carbons (Fsp3) is 0.957. The Balaban J connectivity index is 2.41. The van der Waals surface area contributed by atoms with Gasteiger partial charge in [0.1, 0.15) is 43.2 Å². The van der Waals surface area contributed by atoms with Gasteiger partial charge in [0.2, 0.25) is 0 Å². The molecule has 0 aromatic rings. The number of carbonyl (C=O) groups excluding carboxylic acids is 2. The normalized spacial score (nSPS) is 22.1. The van der Waals surface area contributed by atoms with Crippen LogP contribution in [0.3, 0.4) is 0 Å². The van der Waals surface area contributed by atoms with Crippen LogP contribution in [0.25, 0.3) is 0 Å². The molecule has 356 valence electrons. The maximum absolute atomic E-state index is 12.8. The summed E-state index contributed by atoms with van der Waals surface area (Å²) in [5, 5.41) is 50.2. The summed E-state index contributed by atoms with van der Waals surface area (Å²) >= 11 is 0. The van der Waals surface area contributed by atoms with Crippen LogP contribution >= 0.6 is 7.82 Å². The first kappa shape index (κ1) is 56.9. The second kappa shape index (κ2) is 37.2. The number of carbonyl (C=O) groups is 2. The van der Waals surface area contributed by atoms with E-state index < -0.39 is 75.7 Å². The molecule has 0 spiro atoms. The lowest BCUT2D eigenvalue weighted by Crippen LogP contribution is -2.64. The van der Waals surface area contributed by atoms with Gasteiger partial charge in [-0.25, -0.2) is 4.57 Å². The molecular weight excluding hydrogens is 791 g/mol. The van der Waals surface area contributed by atoms with Crippen LogP contribution in [0, 0.1) is 0 Å². The van der Waals surface area contributed by atoms with Crippen molar-refractivity contribution in [2.24, 2.45) is 0 Å². The van der Waals surface area contributed by atoms with Crippen molar-refractivity contribution in [2.75, 3.05) is 13.2 Å². The van der Waals surface area contributed by atoms with Crippen LogP contribution in [0.2, 0.25) is 0 Å². The molecule has 0 aromatic carbocycles. The third kappa shape index (κ3) is 29.3. The number of phosphoric ester groups is 1. The van der Waals surface area contributed by atoms with Crippen LogP contribution < -0.4 is 0 Å². The van der Waals surface area contributed by atoms with Gasteiger partial charge in [-0.15, -0.1) is 0 Å². The number of unbranched alkanes of at least 4 members (excludes halogenated alkanes) is 29. The highest BCUT2D eigenvalue weighted by atomic mass is 31.2. The molecule has 0 bridgehead atoms. The molecule has 0 amide bonds. The van der Waals surface area contributed by atoms with Gasteiger partial charge in [-0.3, -0.25) is 18.6 Å². The minimum atomic E-state index is -5.11. The molecule has 60 heavy (non-hydrogen) atoms. The first-order valence-electron chi connectivity index (χ1n) is 24.3. The number of aliphatic hydroxyl groups excluding tert-OH is 5. The molecule has 1 aliphatic carbocycles. The van der Waals surface area contributed by atoms with Crippen LogP contribution in [0.4, 0.5) is 0 Å². The fourth-order valence-electron chi connectivity index (χ4n) is 7.76. The summed E-state index contributed by atoms with van der Waals surface area (Å²) in [6.07, 6.45) is 24.4. The van der Waals surface area contributed by atoms with Gasteiger partial charge in [0.25, 0.3) is 0 Å². The zero-order chi connectivity index (χ0) is 44.3. The van der Waals surface area contributed by atoms with Crippen molar-refractivity contribution in [3.05, 3.63) is 0 Å². The van der Waals surface area contributed by atoms with E-state index >= 15 is 0 Å². The van der Waals surface area contributed by atoms with E-state index in [1.54, 1.807) is 0 Å². The van der Waals surface area contributed by atoms with Gasteiger partial charge in [-0.2, -0.15) is 0 Å². The largest absolute Gasteiger partial charge is 0.472 e. The number of aliphatic hydroxyl groups is 5. The molecule has 1 rings (SSSR count). The van der Waals surface area contributed by atoms with Crippen LogP contribution in [0.15, 0.2) is 0 Å². The maximum atomic E-state index is 12.8. The number of hydrogen-bond donors (Lipinski definition) is 6. The SMILES string of the molecule is CCCCCCCCCCCCCCCCCCCC(=O)OC[C@H](COP(=O)(O)OC1C(O)C(O)C(O)[C@@H](O)C1O)OC(=O)CCCCCCCCCCCCCCCC. The molecule has 0 aliphatic heterocycles. The third-order valence-electron chi connectivity index (χ3n) is 11.7. The van der Waals surface area contributed by atoms with Crippen molar-refractivity contribution >= 4 is 19.8 Å². The Kier molecular flexibility index (Phi) is 35.3. The van der Waals surface area contributed by atoms with Crippen molar-refractivity contribution < 1.29 is 63.1 Å². The Morgan fingerprint density at radius 2 is 0.750 bits per heavy atom. The van der Waals surface area contributed by atoms with Crippen molar-refractivity contribution in [1.82, 2.24) is 0 Å². The summed E-state index contributed by atoms with van der Waals surface area (Å²) in [6, 6.07) is 0. The van der Waals surface area contributed by atoms with Gasteiger partial charge in [0.15, 0.2) is 6.10 Å². The Bertz CT molecular complexity index is 1060. The smallest absolute Gasteiger partial charge is 0.462 e. The van der Waals surface area contributed by atoms with E-state index in [2.05, 4.69) is 13.8 Å². The summed E-state index contributed by atoms with van der Waals surface area (Å²) < 4.78 is 33.6. The van der Waals surface area contributed by atoms with E-state index in [0.29, 0.717) is 12.8 Å². The average molecular weight is 881 g/mol. The molecule has 13 nitrogen and oxygen atoms in total. The van der Waals surface area contributed by atoms with Gasteiger partial charge in [0, 0.05) is 12.8 Å². The lowest BCUT2D eigenvalue weighted by atomic mass is 9.85. The van der Waals surface area contributed by atoms with E-state index in [0.717, 1.165) is 38.5 Å². The topological polar surface area (TPSA) is 210 Å². The number of ether oxygens (including phenoxy) is 2. The molecule has 0 heterocycles. The highest BCUT2D eigenvalue weighted by molar-refractivity contribution is 7.47. The lowest BCUT2D eigenvalue weighted by Gasteiger charge is -2.41. The van der Waals surface area contributed by atoms with Gasteiger partial charge in [0.05, 0.1) is 6.61 Å². The predicted octanol–water partition coefficient (Wildman–Crippen LogP) is 9.67. The van der Waals surface area contributed by atoms with Crippen molar-refractivity contribution in [2.45, 2.75) is 268 Å². The molecule has 0 radical (unpaired) electrons. The van der Waals surface area contributed by atoms with Crippen LogP contribution in [0.5, 0.6) is 0 Å². The molecule has 8 atom stereocenters. The first-order valence-corrected chi connectivity index (χ1v) is 25.8. The van der Waals surface area contributed by atoms with Gasteiger partial charge in [-0.1, -0.05) is 200 Å². The quantitative estimate of drug-likeness (QED) is 0.0192. The minimum absolute atomic E-state index is 0.105. The average Bonchev–Trinajstić information content (AvgIpc) is 3.23. The molecule has 1 saturated carbocycles. The number of hydrogen-bond acceptors (Lipinski definition) is 12. The summed E-state index contributed by atoms with van der Waals surface area (Å²) in [6.45, 7) is 3.33. The zero-order valence-electron chi connectivity index (χ0n) is 37.8. The molecule has 0 aromatic heterocycles. The third-order valence-corrected chi connectivity index (χ3v) is 12.7. The highest BCUT2D eigenvalue weighted by Crippen LogP contribution is 2.47. The summed E-state index contributed by atoms with van der Waals surface area (Å²) in [4.78, 5) is 35.7. The number of esters is 2. The van der Waals surface area contributed by atoms with E-state index in [1.807, 2.05) is 0 Å². The molecule has 1 fully saturated rings. The van der Waals surface area contributed by atoms with Gasteiger partial charge in [-0.05, 0) is 12.8 Å². The predicted molar refractivity (Wildman–Crippen MR) is 235 cm³/mol. The summed E-state index contributed by atoms with van der Waals surface area (Å²) in [7, 11) is -5.11. The van der Waals surface area contributed by atoms with Gasteiger partial charge >= 0.3 is 19.8 Å². The molecule has 6 unspecified atom stereocenters. The van der Waals surface area contributed by atoms with E-state index in [1.165, 1.54) is 148 Å². The fourth-order valence-corrected chi connectivity index (χ4v) is 8.73. The summed E-state index contributed by atoms with van der Waals surface area (Å²) in [5.74, 6) is -1.08. The molecule has 6 N–H and O–H groups in total. The standard InChI is InChI=1S/C46H89O13P/c1-3-5-7-9-11-13-15-17-19-20-21-23-24-26-28-30-32-34-39(47)56-36-38(37-57-60(54,55)59-46-44(52)42(50)41(49)43(51)45(46)53)58-40(48)35-33-31-29-27-25-22-18-16-14-12-10-8-6-4-2/h38,41-46,49-53H,3-37H2,1-2H3,(H,54,55)/t38-,41?,42-,43?,44?,45?,46?/m1/s1. The van der Waals surface area contributed by atoms with Crippen LogP contribution in [-0.2, 0) is 32.7 Å². The monoisotopic (exact) mass is 881 g/mol. The van der Waals surface area contributed by atoms with Crippen molar-refractivity contribution in [3.8, 4) is 0 Å². The van der Waals surface area contributed by atoms with Crippen LogP contribution in [0.1, 0.15) is 226 Å². The van der Waals surface area contributed by atoms with Crippen LogP contribution in [-0.4, -0.2) is 98.3 Å². The Hall–Kier alpha value is -1.15. The molecule has 0 saturated heterocycles. The summed E-state index contributed by atoms with van der Waals surface area (Å²) in [5.41, 5.74) is 0. The van der Waals surface area contributed by atoms with E-state index in [4.69, 9.17) is 18.5 Å². The Labute approximate surface area is 363 Å². The van der Waals surface area contributed by atoms with Gasteiger partial charge < -0.3 is 39.9 Å². The Morgan fingerprint density at radius 3 is 1.10 bits per heavy atom.